The van der Waals surface area contributed by atoms with Crippen LogP contribution >= 0.6 is 0 Å². The summed E-state index contributed by atoms with van der Waals surface area (Å²) in [7, 11) is 0. The van der Waals surface area contributed by atoms with Crippen LogP contribution in [0.25, 0.3) is 0 Å². The molecule has 5 nitrogen and oxygen atoms in total. The second-order valence-electron chi connectivity index (χ2n) is 4.54. The van der Waals surface area contributed by atoms with Crippen LogP contribution in [0.5, 0.6) is 0 Å². The van der Waals surface area contributed by atoms with Crippen LogP contribution < -0.4 is 0 Å². The van der Waals surface area contributed by atoms with Crippen LogP contribution in [-0.4, -0.2) is 28.9 Å². The van der Waals surface area contributed by atoms with Crippen molar-refractivity contribution in [2.24, 2.45) is 5.92 Å². The molecule has 0 bridgehead atoms. The SMILES string of the molecule is Cc1cc(F)c([C@@H]2CN(O)C(=O)[C@H]2C)c(F)c1.O=C=O. The van der Waals surface area contributed by atoms with Gasteiger partial charge in [0.05, 0.1) is 6.54 Å². The minimum atomic E-state index is -0.664. The smallest absolute Gasteiger partial charge is 0.286 e. The average Bonchev–Trinajstić information content (AvgIpc) is 2.57. The summed E-state index contributed by atoms with van der Waals surface area (Å²) < 4.78 is 27.5. The van der Waals surface area contributed by atoms with Gasteiger partial charge in [-0.3, -0.25) is 10.0 Å². The van der Waals surface area contributed by atoms with Gasteiger partial charge in [0.2, 0.25) is 5.91 Å². The van der Waals surface area contributed by atoms with Gasteiger partial charge in [0.15, 0.2) is 0 Å². The molecule has 1 amide bonds. The normalized spacial score (nSPS) is 21.2. The molecule has 1 heterocycles. The maximum Gasteiger partial charge on any atom is 0.373 e. The fraction of sp³-hybridized carbons (Fsp3) is 0.385. The molecule has 1 aromatic rings. The van der Waals surface area contributed by atoms with E-state index in [1.165, 1.54) is 12.1 Å². The van der Waals surface area contributed by atoms with E-state index in [1.807, 2.05) is 0 Å². The Kier molecular flexibility index (Phi) is 5.07. The fourth-order valence-electron chi connectivity index (χ4n) is 2.25. The number of hydroxylamine groups is 2. The molecule has 108 valence electrons. The lowest BCUT2D eigenvalue weighted by Gasteiger charge is -2.15. The van der Waals surface area contributed by atoms with Crippen LogP contribution in [0.4, 0.5) is 8.78 Å². The highest BCUT2D eigenvalue weighted by atomic mass is 19.1. The molecule has 1 fully saturated rings. The van der Waals surface area contributed by atoms with Crippen LogP contribution in [0, 0.1) is 24.5 Å². The lowest BCUT2D eigenvalue weighted by molar-refractivity contribution is -0.191. The van der Waals surface area contributed by atoms with Crippen LogP contribution in [0.1, 0.15) is 24.0 Å². The molecule has 7 heteroatoms. The lowest BCUT2D eigenvalue weighted by Crippen LogP contribution is -2.21. The molecule has 20 heavy (non-hydrogen) atoms. The lowest BCUT2D eigenvalue weighted by atomic mass is 9.88. The first kappa shape index (κ1) is 15.9. The van der Waals surface area contributed by atoms with E-state index in [9.17, 15) is 18.8 Å². The quantitative estimate of drug-likeness (QED) is 0.796. The van der Waals surface area contributed by atoms with Crippen molar-refractivity contribution < 1.29 is 28.4 Å². The molecule has 0 aromatic heterocycles. The van der Waals surface area contributed by atoms with E-state index in [0.29, 0.717) is 10.6 Å². The molecule has 1 N–H and O–H groups in total. The first-order chi connectivity index (χ1) is 9.33. The summed E-state index contributed by atoms with van der Waals surface area (Å²) in [4.78, 5) is 27.7. The molecule has 1 saturated heterocycles. The van der Waals surface area contributed by atoms with Crippen LogP contribution in [-0.2, 0) is 14.4 Å². The Morgan fingerprint density at radius 3 is 2.10 bits per heavy atom. The molecule has 0 unspecified atom stereocenters. The number of hydrogen-bond donors (Lipinski definition) is 1. The third kappa shape index (κ3) is 3.07. The van der Waals surface area contributed by atoms with Gasteiger partial charge in [-0.15, -0.1) is 0 Å². The van der Waals surface area contributed by atoms with Crippen molar-refractivity contribution in [1.82, 2.24) is 5.06 Å². The third-order valence-electron chi connectivity index (χ3n) is 3.21. The van der Waals surface area contributed by atoms with Gasteiger partial charge >= 0.3 is 6.15 Å². The van der Waals surface area contributed by atoms with Crippen molar-refractivity contribution in [3.05, 3.63) is 34.9 Å². The number of nitrogens with zero attached hydrogens (tertiary/aromatic N) is 1. The van der Waals surface area contributed by atoms with Crippen LogP contribution in [0.2, 0.25) is 0 Å². The predicted molar refractivity (Wildman–Crippen MR) is 61.5 cm³/mol. The van der Waals surface area contributed by atoms with Crippen molar-refractivity contribution in [3.8, 4) is 0 Å². The van der Waals surface area contributed by atoms with Crippen molar-refractivity contribution in [1.29, 1.82) is 0 Å². The average molecular weight is 285 g/mol. The Hall–Kier alpha value is -2.11. The Labute approximate surface area is 113 Å². The Morgan fingerprint density at radius 1 is 1.30 bits per heavy atom. The molecule has 2 atom stereocenters. The van der Waals surface area contributed by atoms with Crippen molar-refractivity contribution in [3.63, 3.8) is 0 Å². The van der Waals surface area contributed by atoms with E-state index in [1.54, 1.807) is 13.8 Å². The highest BCUT2D eigenvalue weighted by molar-refractivity contribution is 5.81. The topological polar surface area (TPSA) is 74.7 Å². The second kappa shape index (κ2) is 6.36. The monoisotopic (exact) mass is 285 g/mol. The molecule has 1 aliphatic heterocycles. The minimum absolute atomic E-state index is 0.0725. The second-order valence-corrected chi connectivity index (χ2v) is 4.54. The van der Waals surface area contributed by atoms with Crippen molar-refractivity contribution in [2.75, 3.05) is 6.54 Å². The Balaban J connectivity index is 0.000000612. The van der Waals surface area contributed by atoms with Crippen LogP contribution in [0.15, 0.2) is 12.1 Å². The molecule has 0 spiro atoms. The summed E-state index contributed by atoms with van der Waals surface area (Å²) >= 11 is 0. The maximum atomic E-state index is 13.7. The van der Waals surface area contributed by atoms with Crippen molar-refractivity contribution >= 4 is 12.1 Å². The molecular weight excluding hydrogens is 272 g/mol. The summed E-state index contributed by atoms with van der Waals surface area (Å²) in [5.74, 6) is -3.10. The van der Waals surface area contributed by atoms with Gasteiger partial charge in [-0.1, -0.05) is 6.92 Å². The van der Waals surface area contributed by atoms with E-state index in [0.717, 1.165) is 0 Å². The summed E-state index contributed by atoms with van der Waals surface area (Å²) in [6.07, 6.45) is 0.250. The molecule has 0 saturated carbocycles. The first-order valence-electron chi connectivity index (χ1n) is 5.78. The third-order valence-corrected chi connectivity index (χ3v) is 3.21. The maximum absolute atomic E-state index is 13.7. The van der Waals surface area contributed by atoms with Crippen LogP contribution in [0.3, 0.4) is 0 Å². The summed E-state index contributed by atoms with van der Waals surface area (Å²) in [5, 5.41) is 9.80. The summed E-state index contributed by atoms with van der Waals surface area (Å²) in [5.41, 5.74) is 0.370. The Bertz CT molecular complexity index is 532. The molecule has 0 radical (unpaired) electrons. The number of amides is 1. The number of halogens is 2. The Morgan fingerprint density at radius 2 is 1.75 bits per heavy atom. The van der Waals surface area contributed by atoms with Crippen molar-refractivity contribution in [2.45, 2.75) is 19.8 Å². The number of aryl methyl sites for hydroxylation is 1. The fourth-order valence-corrected chi connectivity index (χ4v) is 2.25. The zero-order valence-electron chi connectivity index (χ0n) is 10.9. The minimum Gasteiger partial charge on any atom is -0.286 e. The molecular formula is C13H13F2NO4. The summed E-state index contributed by atoms with van der Waals surface area (Å²) in [6, 6.07) is 2.46. The van der Waals surface area contributed by atoms with Gasteiger partial charge in [-0.05, 0) is 24.6 Å². The summed E-state index contributed by atoms with van der Waals surface area (Å²) in [6.45, 7) is 3.08. The van der Waals surface area contributed by atoms with Gasteiger partial charge < -0.3 is 0 Å². The number of carbonyl (C=O) groups is 1. The standard InChI is InChI=1S/C12H13F2NO2.CO2/c1-6-3-9(13)11(10(14)4-6)8-5-15(17)12(16)7(8)2;2-1-3/h3-4,7-8,17H,5H2,1-2H3;/t7-,8+;/m0./s1. The van der Waals surface area contributed by atoms with Gasteiger partial charge in [-0.2, -0.15) is 9.59 Å². The predicted octanol–water partition coefficient (Wildman–Crippen LogP) is 1.64. The van der Waals surface area contributed by atoms with Gasteiger partial charge in [0.1, 0.15) is 11.6 Å². The molecule has 1 aliphatic rings. The number of carbonyl (C=O) groups excluding carboxylic acids is 3. The highest BCUT2D eigenvalue weighted by Crippen LogP contribution is 2.35. The molecule has 0 aliphatic carbocycles. The zero-order valence-corrected chi connectivity index (χ0v) is 10.9. The number of hydrogen-bond acceptors (Lipinski definition) is 4. The van der Waals surface area contributed by atoms with E-state index >= 15 is 0 Å². The van der Waals surface area contributed by atoms with E-state index in [4.69, 9.17) is 9.59 Å². The van der Waals surface area contributed by atoms with Gasteiger partial charge in [-0.25, -0.2) is 13.8 Å². The highest BCUT2D eigenvalue weighted by Gasteiger charge is 2.40. The van der Waals surface area contributed by atoms with Gasteiger partial charge in [0.25, 0.3) is 0 Å². The van der Waals surface area contributed by atoms with E-state index in [-0.39, 0.29) is 18.3 Å². The van der Waals surface area contributed by atoms with E-state index < -0.39 is 29.4 Å². The van der Waals surface area contributed by atoms with Gasteiger partial charge in [0, 0.05) is 17.4 Å². The number of rotatable bonds is 1. The molecule has 1 aromatic carbocycles. The molecule has 2 rings (SSSR count). The number of benzene rings is 1. The largest absolute Gasteiger partial charge is 0.373 e. The first-order valence-corrected chi connectivity index (χ1v) is 5.78. The van der Waals surface area contributed by atoms with E-state index in [2.05, 4.69) is 0 Å². The zero-order chi connectivity index (χ0) is 15.4.